The van der Waals surface area contributed by atoms with E-state index in [0.717, 1.165) is 25.1 Å². The third kappa shape index (κ3) is 1.87. The third-order valence-electron chi connectivity index (χ3n) is 3.17. The number of nitrogens with zero attached hydrogens (tertiary/aromatic N) is 3. The number of nitrogens with two attached hydrogens (primary N) is 1. The normalized spacial score (nSPS) is 21.4. The van der Waals surface area contributed by atoms with E-state index in [0.29, 0.717) is 12.6 Å². The number of aromatic nitrogens is 2. The second kappa shape index (κ2) is 4.24. The molecule has 0 amide bonds. The van der Waals surface area contributed by atoms with E-state index >= 15 is 0 Å². The van der Waals surface area contributed by atoms with Crippen LogP contribution in [0.15, 0.2) is 6.33 Å². The quantitative estimate of drug-likeness (QED) is 0.772. The van der Waals surface area contributed by atoms with Crippen LogP contribution in [-0.4, -0.2) is 35.0 Å². The molecule has 15 heavy (non-hydrogen) atoms. The highest BCUT2D eigenvalue weighted by Crippen LogP contribution is 2.30. The number of hydrogen-bond donors (Lipinski definition) is 1. The molecule has 1 unspecified atom stereocenters. The zero-order valence-electron chi connectivity index (χ0n) is 9.40. The van der Waals surface area contributed by atoms with Gasteiger partial charge in [-0.2, -0.15) is 0 Å². The lowest BCUT2D eigenvalue weighted by Crippen LogP contribution is -2.34. The lowest BCUT2D eigenvalue weighted by atomic mass is 9.94. The van der Waals surface area contributed by atoms with Crippen LogP contribution in [0.25, 0.3) is 0 Å². The average molecular weight is 206 g/mol. The largest absolute Gasteiger partial charge is 0.330 e. The second-order valence-corrected chi connectivity index (χ2v) is 4.14. The van der Waals surface area contributed by atoms with Crippen molar-refractivity contribution in [1.29, 1.82) is 0 Å². The monoisotopic (exact) mass is 206 g/mol. The zero-order chi connectivity index (χ0) is 10.8. The maximum absolute atomic E-state index is 5.66. The highest BCUT2D eigenvalue weighted by Gasteiger charge is 2.26. The van der Waals surface area contributed by atoms with Gasteiger partial charge in [-0.05, 0) is 26.9 Å². The van der Waals surface area contributed by atoms with Crippen molar-refractivity contribution in [3.8, 4) is 0 Å². The van der Waals surface area contributed by atoms with E-state index in [-0.39, 0.29) is 0 Å². The second-order valence-electron chi connectivity index (χ2n) is 4.14. The van der Waals surface area contributed by atoms with Crippen LogP contribution in [-0.2, 0) is 6.42 Å². The van der Waals surface area contributed by atoms with E-state index in [2.05, 4.69) is 28.8 Å². The molecule has 0 saturated carbocycles. The molecule has 0 fully saturated rings. The topological polar surface area (TPSA) is 55.0 Å². The smallest absolute Gasteiger partial charge is 0.115 e. The Labute approximate surface area is 90.5 Å². The van der Waals surface area contributed by atoms with Crippen molar-refractivity contribution in [3.05, 3.63) is 23.3 Å². The molecule has 0 bridgehead atoms. The van der Waals surface area contributed by atoms with Crippen LogP contribution in [0.5, 0.6) is 0 Å². The fourth-order valence-corrected chi connectivity index (χ4v) is 2.35. The highest BCUT2D eigenvalue weighted by atomic mass is 15.1. The Balaban J connectivity index is 2.41. The molecule has 2 N–H and O–H groups in total. The Morgan fingerprint density at radius 3 is 3.07 bits per heavy atom. The van der Waals surface area contributed by atoms with E-state index in [9.17, 15) is 0 Å². The van der Waals surface area contributed by atoms with Crippen LogP contribution in [0.4, 0.5) is 0 Å². The first-order valence-electron chi connectivity index (χ1n) is 5.44. The predicted octanol–water partition coefficient (Wildman–Crippen LogP) is 0.663. The number of rotatable bonds is 2. The minimum Gasteiger partial charge on any atom is -0.330 e. The molecule has 1 aromatic heterocycles. The molecule has 2 heterocycles. The molecule has 0 saturated heterocycles. The summed E-state index contributed by atoms with van der Waals surface area (Å²) in [6.45, 7) is 3.83. The van der Waals surface area contributed by atoms with Crippen LogP contribution in [0.3, 0.4) is 0 Å². The summed E-state index contributed by atoms with van der Waals surface area (Å²) in [4.78, 5) is 11.0. The average Bonchev–Trinajstić information content (AvgIpc) is 2.23. The first-order valence-corrected chi connectivity index (χ1v) is 5.44. The summed E-state index contributed by atoms with van der Waals surface area (Å²) in [5, 5.41) is 0. The minimum absolute atomic E-state index is 0.403. The number of hydrogen-bond acceptors (Lipinski definition) is 4. The number of likely N-dealkylation sites (N-methyl/N-ethyl adjacent to an activating group) is 1. The molecule has 0 spiro atoms. The third-order valence-corrected chi connectivity index (χ3v) is 3.17. The molecule has 1 atom stereocenters. The van der Waals surface area contributed by atoms with Gasteiger partial charge < -0.3 is 5.73 Å². The summed E-state index contributed by atoms with van der Waals surface area (Å²) in [6.07, 6.45) is 3.67. The maximum atomic E-state index is 5.66. The molecule has 2 rings (SSSR count). The zero-order valence-corrected chi connectivity index (χ0v) is 9.40. The van der Waals surface area contributed by atoms with Crippen LogP contribution in [0.2, 0.25) is 0 Å². The van der Waals surface area contributed by atoms with Crippen molar-refractivity contribution in [2.24, 2.45) is 5.73 Å². The van der Waals surface area contributed by atoms with E-state index in [4.69, 9.17) is 5.73 Å². The molecule has 0 aromatic carbocycles. The Hall–Kier alpha value is -1.00. The van der Waals surface area contributed by atoms with Crippen LogP contribution in [0, 0.1) is 6.92 Å². The molecule has 1 aliphatic rings. The Bertz CT molecular complexity index is 350. The van der Waals surface area contributed by atoms with Crippen molar-refractivity contribution >= 4 is 0 Å². The summed E-state index contributed by atoms with van der Waals surface area (Å²) in [7, 11) is 2.15. The maximum Gasteiger partial charge on any atom is 0.115 e. The molecule has 0 aliphatic carbocycles. The van der Waals surface area contributed by atoms with Crippen molar-refractivity contribution in [3.63, 3.8) is 0 Å². The standard InChI is InChI=1S/C11H18N4/c1-8-11-9(14-7-13-8)4-6-15(2)10(11)3-5-12/h7,10H,3-6,12H2,1-2H3. The van der Waals surface area contributed by atoms with Gasteiger partial charge in [0, 0.05) is 30.3 Å². The first-order chi connectivity index (χ1) is 7.24. The fraction of sp³-hybridized carbons (Fsp3) is 0.636. The van der Waals surface area contributed by atoms with Gasteiger partial charge in [-0.15, -0.1) is 0 Å². The molecule has 0 radical (unpaired) electrons. The van der Waals surface area contributed by atoms with E-state index in [1.807, 2.05) is 0 Å². The van der Waals surface area contributed by atoms with Crippen molar-refractivity contribution in [2.75, 3.05) is 20.1 Å². The van der Waals surface area contributed by atoms with E-state index in [1.165, 1.54) is 11.3 Å². The number of aryl methyl sites for hydroxylation is 1. The van der Waals surface area contributed by atoms with Crippen molar-refractivity contribution in [2.45, 2.75) is 25.8 Å². The summed E-state index contributed by atoms with van der Waals surface area (Å²) in [6, 6.07) is 0.403. The number of fused-ring (bicyclic) bond motifs is 1. The summed E-state index contributed by atoms with van der Waals surface area (Å²) < 4.78 is 0. The minimum atomic E-state index is 0.403. The molecule has 82 valence electrons. The van der Waals surface area contributed by atoms with E-state index in [1.54, 1.807) is 6.33 Å². The molecule has 4 nitrogen and oxygen atoms in total. The molecule has 4 heteroatoms. The SMILES string of the molecule is Cc1ncnc2c1C(CCN)N(C)CC2. The molecular formula is C11H18N4. The lowest BCUT2D eigenvalue weighted by molar-refractivity contribution is 0.218. The van der Waals surface area contributed by atoms with Gasteiger partial charge in [0.05, 0.1) is 5.69 Å². The van der Waals surface area contributed by atoms with Crippen LogP contribution >= 0.6 is 0 Å². The summed E-state index contributed by atoms with van der Waals surface area (Å²) >= 11 is 0. The summed E-state index contributed by atoms with van der Waals surface area (Å²) in [5.41, 5.74) is 9.27. The van der Waals surface area contributed by atoms with Gasteiger partial charge in [0.15, 0.2) is 0 Å². The first kappa shape index (κ1) is 10.5. The van der Waals surface area contributed by atoms with Crippen molar-refractivity contribution in [1.82, 2.24) is 14.9 Å². The van der Waals surface area contributed by atoms with Gasteiger partial charge in [-0.3, -0.25) is 4.90 Å². The predicted molar refractivity (Wildman–Crippen MR) is 59.5 cm³/mol. The van der Waals surface area contributed by atoms with E-state index < -0.39 is 0 Å². The Morgan fingerprint density at radius 1 is 1.53 bits per heavy atom. The van der Waals surface area contributed by atoms with Gasteiger partial charge in [-0.1, -0.05) is 0 Å². The molecule has 1 aromatic rings. The molecule has 1 aliphatic heterocycles. The van der Waals surface area contributed by atoms with Gasteiger partial charge in [0.1, 0.15) is 6.33 Å². The van der Waals surface area contributed by atoms with Gasteiger partial charge in [-0.25, -0.2) is 9.97 Å². The molecular weight excluding hydrogens is 188 g/mol. The summed E-state index contributed by atoms with van der Waals surface area (Å²) in [5.74, 6) is 0. The van der Waals surface area contributed by atoms with Gasteiger partial charge in [0.25, 0.3) is 0 Å². The Kier molecular flexibility index (Phi) is 2.98. The van der Waals surface area contributed by atoms with Crippen LogP contribution < -0.4 is 5.73 Å². The van der Waals surface area contributed by atoms with Crippen molar-refractivity contribution < 1.29 is 0 Å². The fourth-order valence-electron chi connectivity index (χ4n) is 2.35. The highest BCUT2D eigenvalue weighted by molar-refractivity contribution is 5.30. The Morgan fingerprint density at radius 2 is 2.33 bits per heavy atom. The van der Waals surface area contributed by atoms with Gasteiger partial charge >= 0.3 is 0 Å². The lowest BCUT2D eigenvalue weighted by Gasteiger charge is -2.34. The van der Waals surface area contributed by atoms with Gasteiger partial charge in [0.2, 0.25) is 0 Å². The van der Waals surface area contributed by atoms with Crippen LogP contribution in [0.1, 0.15) is 29.4 Å².